The maximum Gasteiger partial charge on any atom is 0.0661 e. The fraction of sp³-hybridized carbons (Fsp3) is 1.00. The van der Waals surface area contributed by atoms with Crippen molar-refractivity contribution in [3.05, 3.63) is 0 Å². The van der Waals surface area contributed by atoms with Crippen LogP contribution in [0.25, 0.3) is 0 Å². The lowest BCUT2D eigenvalue weighted by Crippen LogP contribution is -2.64. The van der Waals surface area contributed by atoms with Gasteiger partial charge in [-0.15, -0.1) is 0 Å². The van der Waals surface area contributed by atoms with Gasteiger partial charge in [-0.2, -0.15) is 0 Å². The monoisotopic (exact) mass is 301 g/mol. The summed E-state index contributed by atoms with van der Waals surface area (Å²) in [7, 11) is -0.697. The third kappa shape index (κ3) is 3.45. The average Bonchev–Trinajstić information content (AvgIpc) is 2.46. The van der Waals surface area contributed by atoms with Crippen molar-refractivity contribution in [3.8, 4) is 0 Å². The molecule has 0 saturated heterocycles. The van der Waals surface area contributed by atoms with Crippen LogP contribution in [0, 0.1) is 5.41 Å². The zero-order valence-electron chi connectivity index (χ0n) is 13.3. The Balaban J connectivity index is 1.83. The molecule has 4 atom stereocenters. The molecule has 2 aliphatic carbocycles. The van der Waals surface area contributed by atoms with Crippen LogP contribution in [0.1, 0.15) is 58.8 Å². The molecule has 3 nitrogen and oxygen atoms in total. The summed E-state index contributed by atoms with van der Waals surface area (Å²) in [6.45, 7) is 6.02. The van der Waals surface area contributed by atoms with E-state index in [1.54, 1.807) is 0 Å². The average molecular weight is 301 g/mol. The zero-order valence-corrected chi connectivity index (χ0v) is 14.1. The number of hydrogen-bond donors (Lipinski definition) is 1. The minimum Gasteiger partial charge on any atom is -0.378 e. The summed E-state index contributed by atoms with van der Waals surface area (Å²) in [6, 6.07) is 0.622. The van der Waals surface area contributed by atoms with E-state index in [-0.39, 0.29) is 0 Å². The Morgan fingerprint density at radius 3 is 2.65 bits per heavy atom. The van der Waals surface area contributed by atoms with Crippen LogP contribution < -0.4 is 5.32 Å². The van der Waals surface area contributed by atoms with Gasteiger partial charge in [0.25, 0.3) is 0 Å². The first kappa shape index (κ1) is 16.4. The summed E-state index contributed by atoms with van der Waals surface area (Å²) < 4.78 is 17.4. The molecular formula is C16H31NO2S. The predicted molar refractivity (Wildman–Crippen MR) is 85.5 cm³/mol. The molecule has 1 N–H and O–H groups in total. The maximum atomic E-state index is 11.4. The molecule has 0 aromatic carbocycles. The summed E-state index contributed by atoms with van der Waals surface area (Å²) in [4.78, 5) is 0. The van der Waals surface area contributed by atoms with E-state index in [1.807, 2.05) is 6.26 Å². The third-order valence-electron chi connectivity index (χ3n) is 5.45. The van der Waals surface area contributed by atoms with Crippen LogP contribution >= 0.6 is 0 Å². The summed E-state index contributed by atoms with van der Waals surface area (Å²) >= 11 is 0. The second kappa shape index (κ2) is 7.37. The van der Waals surface area contributed by atoms with Crippen molar-refractivity contribution in [1.82, 2.24) is 5.32 Å². The van der Waals surface area contributed by atoms with E-state index in [2.05, 4.69) is 19.2 Å². The molecular weight excluding hydrogens is 270 g/mol. The minimum absolute atomic E-state index is 0.299. The molecule has 0 amide bonds. The molecule has 2 saturated carbocycles. The van der Waals surface area contributed by atoms with E-state index in [0.29, 0.717) is 22.8 Å². The number of hydrogen-bond acceptors (Lipinski definition) is 3. The molecule has 1 spiro atoms. The number of rotatable bonds is 7. The molecule has 118 valence electrons. The number of nitrogens with one attached hydrogen (secondary N) is 1. The second-order valence-electron chi connectivity index (χ2n) is 6.58. The van der Waals surface area contributed by atoms with Gasteiger partial charge in [0.2, 0.25) is 0 Å². The van der Waals surface area contributed by atoms with E-state index in [1.165, 1.54) is 32.1 Å². The van der Waals surface area contributed by atoms with Gasteiger partial charge in [0.05, 0.1) is 6.10 Å². The molecule has 0 radical (unpaired) electrons. The van der Waals surface area contributed by atoms with Gasteiger partial charge in [0.15, 0.2) is 0 Å². The Morgan fingerprint density at radius 1 is 1.35 bits per heavy atom. The first-order valence-corrected chi connectivity index (χ1v) is 9.89. The smallest absolute Gasteiger partial charge is 0.0661 e. The van der Waals surface area contributed by atoms with Crippen molar-refractivity contribution in [3.63, 3.8) is 0 Å². The molecule has 4 heteroatoms. The van der Waals surface area contributed by atoms with Gasteiger partial charge in [-0.3, -0.25) is 4.21 Å². The standard InChI is InChI=1S/C16H31NO2S/c1-4-19-15-12-14(16(15)9-6-5-7-10-16)17-11-8-13(2)20(3)18/h13-15,17H,4-12H2,1-3H3. The van der Waals surface area contributed by atoms with Gasteiger partial charge in [0, 0.05) is 40.4 Å². The fourth-order valence-electron chi connectivity index (χ4n) is 3.98. The van der Waals surface area contributed by atoms with Crippen molar-refractivity contribution in [1.29, 1.82) is 0 Å². The summed E-state index contributed by atoms with van der Waals surface area (Å²) in [5, 5.41) is 4.04. The van der Waals surface area contributed by atoms with E-state index in [4.69, 9.17) is 4.74 Å². The Bertz CT molecular complexity index is 328. The largest absolute Gasteiger partial charge is 0.378 e. The topological polar surface area (TPSA) is 38.3 Å². The zero-order chi connectivity index (χ0) is 14.6. The van der Waals surface area contributed by atoms with E-state index >= 15 is 0 Å². The first-order valence-electron chi connectivity index (χ1n) is 8.27. The van der Waals surface area contributed by atoms with Crippen molar-refractivity contribution < 1.29 is 8.95 Å². The van der Waals surface area contributed by atoms with Gasteiger partial charge < -0.3 is 10.1 Å². The van der Waals surface area contributed by atoms with Crippen LogP contribution in [0.3, 0.4) is 0 Å². The Hall–Kier alpha value is 0.0700. The fourth-order valence-corrected chi connectivity index (χ4v) is 4.43. The minimum atomic E-state index is -0.697. The molecule has 2 fully saturated rings. The van der Waals surface area contributed by atoms with Crippen LogP contribution in [0.15, 0.2) is 0 Å². The highest BCUT2D eigenvalue weighted by atomic mass is 32.2. The highest BCUT2D eigenvalue weighted by molar-refractivity contribution is 7.84. The Labute approximate surface area is 126 Å². The maximum absolute atomic E-state index is 11.4. The van der Waals surface area contributed by atoms with Crippen LogP contribution in [0.4, 0.5) is 0 Å². The van der Waals surface area contributed by atoms with Crippen LogP contribution in [-0.4, -0.2) is 41.0 Å². The van der Waals surface area contributed by atoms with E-state index in [9.17, 15) is 4.21 Å². The highest BCUT2D eigenvalue weighted by Crippen LogP contribution is 2.53. The van der Waals surface area contributed by atoms with Crippen molar-refractivity contribution >= 4 is 10.8 Å². The molecule has 0 aromatic heterocycles. The summed E-state index contributed by atoms with van der Waals surface area (Å²) in [5.41, 5.74) is 0.406. The molecule has 0 heterocycles. The molecule has 4 unspecified atom stereocenters. The lowest BCUT2D eigenvalue weighted by molar-refractivity contribution is -0.149. The lowest BCUT2D eigenvalue weighted by Gasteiger charge is -2.58. The molecule has 2 rings (SSSR count). The lowest BCUT2D eigenvalue weighted by atomic mass is 9.55. The Morgan fingerprint density at radius 2 is 2.05 bits per heavy atom. The van der Waals surface area contributed by atoms with E-state index in [0.717, 1.165) is 26.0 Å². The third-order valence-corrected chi connectivity index (χ3v) is 6.81. The quantitative estimate of drug-likeness (QED) is 0.786. The molecule has 0 aromatic rings. The normalized spacial score (nSPS) is 31.8. The first-order chi connectivity index (χ1) is 9.60. The van der Waals surface area contributed by atoms with Crippen molar-refractivity contribution in [2.45, 2.75) is 76.2 Å². The molecule has 2 aliphatic rings. The summed E-state index contributed by atoms with van der Waals surface area (Å²) in [5.74, 6) is 0. The van der Waals surface area contributed by atoms with Gasteiger partial charge in [-0.1, -0.05) is 26.2 Å². The van der Waals surface area contributed by atoms with Crippen LogP contribution in [-0.2, 0) is 15.5 Å². The molecule has 0 bridgehead atoms. The van der Waals surface area contributed by atoms with Gasteiger partial charge >= 0.3 is 0 Å². The Kier molecular flexibility index (Phi) is 6.06. The van der Waals surface area contributed by atoms with Crippen molar-refractivity contribution in [2.75, 3.05) is 19.4 Å². The molecule has 0 aliphatic heterocycles. The van der Waals surface area contributed by atoms with Crippen LogP contribution in [0.2, 0.25) is 0 Å². The van der Waals surface area contributed by atoms with E-state index < -0.39 is 10.8 Å². The highest BCUT2D eigenvalue weighted by Gasteiger charge is 2.55. The van der Waals surface area contributed by atoms with Gasteiger partial charge in [0.1, 0.15) is 0 Å². The van der Waals surface area contributed by atoms with Gasteiger partial charge in [-0.25, -0.2) is 0 Å². The van der Waals surface area contributed by atoms with Crippen molar-refractivity contribution in [2.24, 2.45) is 5.41 Å². The predicted octanol–water partition coefficient (Wildman–Crippen LogP) is 2.86. The van der Waals surface area contributed by atoms with Gasteiger partial charge in [-0.05, 0) is 39.2 Å². The molecule has 20 heavy (non-hydrogen) atoms. The second-order valence-corrected chi connectivity index (χ2v) is 8.38. The number of ether oxygens (including phenoxy) is 1. The SMILES string of the molecule is CCOC1CC(NCCC(C)S(C)=O)C12CCCCC2. The van der Waals surface area contributed by atoms with Crippen LogP contribution in [0.5, 0.6) is 0 Å². The summed E-state index contributed by atoms with van der Waals surface area (Å²) in [6.07, 6.45) is 11.2.